The van der Waals surface area contributed by atoms with Crippen LogP contribution in [0.1, 0.15) is 56.9 Å². The van der Waals surface area contributed by atoms with E-state index in [2.05, 4.69) is 5.32 Å². The molecule has 1 unspecified atom stereocenters. The molecule has 1 spiro atoms. The van der Waals surface area contributed by atoms with Crippen LogP contribution in [0.2, 0.25) is 0 Å². The van der Waals surface area contributed by atoms with Crippen LogP contribution in [0.15, 0.2) is 35.5 Å². The molecule has 1 saturated carbocycles. The van der Waals surface area contributed by atoms with E-state index in [0.29, 0.717) is 51.2 Å². The van der Waals surface area contributed by atoms with E-state index < -0.39 is 21.7 Å². The minimum Gasteiger partial charge on any atom is -0.394 e. The summed E-state index contributed by atoms with van der Waals surface area (Å²) in [6, 6.07) is 7.85. The molecule has 1 saturated heterocycles. The Morgan fingerprint density at radius 3 is 2.62 bits per heavy atom. The highest BCUT2D eigenvalue weighted by Crippen LogP contribution is 2.35. The minimum atomic E-state index is -3.48. The Morgan fingerprint density at radius 1 is 1.14 bits per heavy atom. The Morgan fingerprint density at radius 2 is 1.89 bits per heavy atom. The number of hydrogen-bond acceptors (Lipinski definition) is 6. The number of aryl methyl sites for hydroxylation is 2. The number of carbonyl (C=O) groups is 1. The topological polar surface area (TPSA) is 124 Å². The lowest BCUT2D eigenvalue weighted by Gasteiger charge is -2.34. The zero-order valence-corrected chi connectivity index (χ0v) is 22.1. The van der Waals surface area contributed by atoms with Gasteiger partial charge in [-0.3, -0.25) is 9.79 Å². The fourth-order valence-electron chi connectivity index (χ4n) is 6.03. The van der Waals surface area contributed by atoms with E-state index in [1.165, 1.54) is 23.6 Å². The van der Waals surface area contributed by atoms with Gasteiger partial charge in [0.1, 0.15) is 11.4 Å². The number of piperidine rings is 1. The molecule has 1 amide bonds. The van der Waals surface area contributed by atoms with Crippen LogP contribution >= 0.6 is 0 Å². The Kier molecular flexibility index (Phi) is 7.72. The van der Waals surface area contributed by atoms with Crippen LogP contribution in [0, 0.1) is 5.92 Å². The quantitative estimate of drug-likeness (QED) is 0.459. The number of hydrogen-bond donors (Lipinski definition) is 3. The maximum atomic E-state index is 13.2. The Bertz CT molecular complexity index is 1260. The van der Waals surface area contributed by atoms with E-state index in [9.17, 15) is 18.3 Å². The summed E-state index contributed by atoms with van der Waals surface area (Å²) in [4.78, 5) is 17.7. The molecule has 3 aliphatic rings. The number of nitrogens with one attached hydrogen (secondary N) is 1. The second-order valence-corrected chi connectivity index (χ2v) is 12.9. The molecule has 2 fully saturated rings. The van der Waals surface area contributed by atoms with Crippen LogP contribution in [0.3, 0.4) is 0 Å². The summed E-state index contributed by atoms with van der Waals surface area (Å²) in [6.07, 6.45) is 8.58. The van der Waals surface area contributed by atoms with Crippen molar-refractivity contribution in [3.05, 3.63) is 36.0 Å². The summed E-state index contributed by atoms with van der Waals surface area (Å²) in [5.41, 5.74) is 1.14. The molecule has 5 rings (SSSR count). The first-order valence-electron chi connectivity index (χ1n) is 13.6. The van der Waals surface area contributed by atoms with Gasteiger partial charge in [-0.2, -0.15) is 0 Å². The molecule has 1 aromatic heterocycles. The third-order valence-corrected chi connectivity index (χ3v) is 10.3. The maximum absolute atomic E-state index is 13.2. The lowest BCUT2D eigenvalue weighted by atomic mass is 9.88. The summed E-state index contributed by atoms with van der Waals surface area (Å²) in [7, 11) is -3.48. The number of aromatic nitrogens is 1. The van der Waals surface area contributed by atoms with Crippen molar-refractivity contribution in [1.82, 2.24) is 14.2 Å². The maximum Gasteiger partial charge on any atom is 0.253 e. The Balaban J connectivity index is 1.21. The Labute approximate surface area is 218 Å². The largest absolute Gasteiger partial charge is 0.394 e. The fourth-order valence-corrected chi connectivity index (χ4v) is 7.51. The first-order chi connectivity index (χ1) is 17.8. The highest BCUT2D eigenvalue weighted by molar-refractivity contribution is 7.89. The van der Waals surface area contributed by atoms with Crippen molar-refractivity contribution >= 4 is 32.7 Å². The number of amidine groups is 1. The third-order valence-electron chi connectivity index (χ3n) is 8.38. The van der Waals surface area contributed by atoms with E-state index in [1.54, 1.807) is 0 Å². The summed E-state index contributed by atoms with van der Waals surface area (Å²) in [5.74, 6) is 1.10. The van der Waals surface area contributed by atoms with Gasteiger partial charge in [-0.05, 0) is 56.2 Å². The van der Waals surface area contributed by atoms with Gasteiger partial charge in [0, 0.05) is 42.7 Å². The minimum absolute atomic E-state index is 0.0102. The van der Waals surface area contributed by atoms with Gasteiger partial charge in [0.15, 0.2) is 0 Å². The average molecular weight is 531 g/mol. The lowest BCUT2D eigenvalue weighted by Crippen LogP contribution is -2.51. The molecule has 1 aliphatic carbocycles. The van der Waals surface area contributed by atoms with Crippen molar-refractivity contribution in [2.75, 3.05) is 25.4 Å². The van der Waals surface area contributed by atoms with Crippen molar-refractivity contribution in [3.63, 3.8) is 0 Å². The van der Waals surface area contributed by atoms with Crippen molar-refractivity contribution < 1.29 is 23.4 Å². The highest BCUT2D eigenvalue weighted by atomic mass is 32.2. The first kappa shape index (κ1) is 26.3. The highest BCUT2D eigenvalue weighted by Gasteiger charge is 2.48. The number of aliphatic imine (C=N–C) groups is 1. The molecule has 9 nitrogen and oxygen atoms in total. The molecule has 1 atom stereocenters. The van der Waals surface area contributed by atoms with Crippen LogP contribution in [-0.2, 0) is 27.8 Å². The molecule has 3 heterocycles. The first-order valence-corrected chi connectivity index (χ1v) is 15.2. The van der Waals surface area contributed by atoms with Gasteiger partial charge in [0.25, 0.3) is 5.91 Å². The molecular weight excluding hydrogens is 492 g/mol. The lowest BCUT2D eigenvalue weighted by molar-refractivity contribution is -0.125. The number of nitrogens with zero attached hydrogens (tertiary/aromatic N) is 3. The van der Waals surface area contributed by atoms with Crippen LogP contribution < -0.4 is 5.32 Å². The number of fused-ring (bicyclic) bond motifs is 1. The van der Waals surface area contributed by atoms with Crippen molar-refractivity contribution in [1.29, 1.82) is 0 Å². The van der Waals surface area contributed by atoms with Gasteiger partial charge in [0.05, 0.1) is 18.5 Å². The second-order valence-electron chi connectivity index (χ2n) is 10.8. The number of benzene rings is 1. The Hall–Kier alpha value is -2.27. The number of amides is 1. The molecule has 3 N–H and O–H groups in total. The van der Waals surface area contributed by atoms with E-state index in [0.717, 1.165) is 35.1 Å². The monoisotopic (exact) mass is 530 g/mol. The van der Waals surface area contributed by atoms with Crippen LogP contribution in [-0.4, -0.2) is 76.3 Å². The molecule has 1 aromatic carbocycles. The van der Waals surface area contributed by atoms with Gasteiger partial charge in [-0.25, -0.2) is 12.7 Å². The van der Waals surface area contributed by atoms with Gasteiger partial charge >= 0.3 is 0 Å². The van der Waals surface area contributed by atoms with Crippen LogP contribution in [0.4, 0.5) is 0 Å². The number of sulfonamides is 1. The molecule has 202 valence electrons. The van der Waals surface area contributed by atoms with E-state index >= 15 is 0 Å². The molecule has 2 aliphatic heterocycles. The number of rotatable bonds is 9. The van der Waals surface area contributed by atoms with Crippen LogP contribution in [0.5, 0.6) is 0 Å². The second kappa shape index (κ2) is 10.8. The molecule has 0 radical (unpaired) electrons. The summed E-state index contributed by atoms with van der Waals surface area (Å²) >= 11 is 0. The van der Waals surface area contributed by atoms with Gasteiger partial charge in [0.2, 0.25) is 10.0 Å². The predicted molar refractivity (Wildman–Crippen MR) is 143 cm³/mol. The molecule has 10 heteroatoms. The normalized spacial score (nSPS) is 21.9. The van der Waals surface area contributed by atoms with Gasteiger partial charge in [-0.1, -0.05) is 31.4 Å². The summed E-state index contributed by atoms with van der Waals surface area (Å²) in [5, 5.41) is 22.8. The zero-order valence-electron chi connectivity index (χ0n) is 21.3. The molecular formula is C27H38N4O5S. The van der Waals surface area contributed by atoms with E-state index in [-0.39, 0.29) is 18.3 Å². The molecule has 2 aromatic rings. The summed E-state index contributed by atoms with van der Waals surface area (Å²) < 4.78 is 30.0. The van der Waals surface area contributed by atoms with Crippen molar-refractivity contribution in [2.24, 2.45) is 10.9 Å². The van der Waals surface area contributed by atoms with Crippen molar-refractivity contribution in [3.8, 4) is 0 Å². The molecule has 37 heavy (non-hydrogen) atoms. The van der Waals surface area contributed by atoms with Gasteiger partial charge in [-0.15, -0.1) is 0 Å². The number of carbonyl (C=O) groups excluding carboxylic acids is 1. The van der Waals surface area contributed by atoms with E-state index in [4.69, 9.17) is 10.1 Å². The summed E-state index contributed by atoms with van der Waals surface area (Å²) in [6.45, 7) is 0.926. The zero-order chi connectivity index (χ0) is 26.0. The van der Waals surface area contributed by atoms with Crippen molar-refractivity contribution in [2.45, 2.75) is 76.0 Å². The molecule has 0 bridgehead atoms. The van der Waals surface area contributed by atoms with E-state index in [1.807, 2.05) is 35.0 Å². The predicted octanol–water partition coefficient (Wildman–Crippen LogP) is 2.20. The third kappa shape index (κ3) is 5.48. The fraction of sp³-hybridized carbons (Fsp3) is 0.630. The average Bonchev–Trinajstić information content (AvgIpc) is 3.48. The number of aliphatic hydroxyl groups is 2. The standard InChI is InChI=1S/C27H38N4O5S/c32-19-22(33)9-14-30-15-10-23-20(7-4-8-24(23)30)11-18-37(35,36)31-16-12-27(13-17-31)26(34)28-25(29-27)21-5-2-1-3-6-21/h4,7-8,10,15,21-22,32-33H,1-3,5-6,9,11-14,16-19H2,(H,28,29,34). The van der Waals surface area contributed by atoms with Crippen LogP contribution in [0.25, 0.3) is 10.9 Å². The van der Waals surface area contributed by atoms with Gasteiger partial charge < -0.3 is 20.1 Å². The smallest absolute Gasteiger partial charge is 0.253 e. The number of aliphatic hydroxyl groups excluding tert-OH is 2. The SMILES string of the molecule is O=C1NC(C2CCCCC2)=NC12CCN(S(=O)(=O)CCc1cccc3c1ccn3CCC(O)CO)CC2.